The van der Waals surface area contributed by atoms with Crippen molar-refractivity contribution in [2.24, 2.45) is 10.9 Å². The SMILES string of the molecule is Cc1cccc(CSC2=CC=NC3=[N+](C)C(=O)N(C)C(=O)C23)c1. The van der Waals surface area contributed by atoms with E-state index in [1.807, 2.05) is 12.1 Å². The zero-order chi connectivity index (χ0) is 16.6. The number of hydrogen-bond donors (Lipinski definition) is 0. The first-order valence-electron chi connectivity index (χ1n) is 7.33. The molecule has 0 radical (unpaired) electrons. The van der Waals surface area contributed by atoms with Gasteiger partial charge in [-0.05, 0) is 18.6 Å². The van der Waals surface area contributed by atoms with Gasteiger partial charge in [0.1, 0.15) is 6.21 Å². The Morgan fingerprint density at radius 1 is 1.35 bits per heavy atom. The molecule has 2 heterocycles. The Labute approximate surface area is 139 Å². The van der Waals surface area contributed by atoms with Crippen molar-refractivity contribution in [2.75, 3.05) is 14.1 Å². The smallest absolute Gasteiger partial charge is 0.255 e. The average molecular weight is 328 g/mol. The van der Waals surface area contributed by atoms with Crippen molar-refractivity contribution in [3.63, 3.8) is 0 Å². The third-order valence-corrected chi connectivity index (χ3v) is 5.15. The fourth-order valence-electron chi connectivity index (χ4n) is 2.71. The fraction of sp³-hybridized carbons (Fsp3) is 0.294. The number of nitrogens with zero attached hydrogens (tertiary/aromatic N) is 3. The van der Waals surface area contributed by atoms with Gasteiger partial charge in [0.05, 0.1) is 14.1 Å². The van der Waals surface area contributed by atoms with Gasteiger partial charge in [0, 0.05) is 10.7 Å². The minimum atomic E-state index is -0.484. The molecule has 23 heavy (non-hydrogen) atoms. The maximum absolute atomic E-state index is 12.5. The van der Waals surface area contributed by atoms with Crippen molar-refractivity contribution in [3.05, 3.63) is 46.4 Å². The number of dihydropyridines is 1. The molecular weight excluding hydrogens is 310 g/mol. The molecule has 0 bridgehead atoms. The van der Waals surface area contributed by atoms with Crippen molar-refractivity contribution in [1.29, 1.82) is 0 Å². The zero-order valence-electron chi connectivity index (χ0n) is 13.3. The molecule has 118 valence electrons. The lowest BCUT2D eigenvalue weighted by Gasteiger charge is -2.26. The van der Waals surface area contributed by atoms with Crippen LogP contribution in [-0.4, -0.2) is 47.6 Å². The summed E-state index contributed by atoms with van der Waals surface area (Å²) in [5, 5.41) is 0. The summed E-state index contributed by atoms with van der Waals surface area (Å²) < 4.78 is 1.45. The van der Waals surface area contributed by atoms with E-state index in [1.54, 1.807) is 25.0 Å². The van der Waals surface area contributed by atoms with Crippen LogP contribution in [0.5, 0.6) is 0 Å². The summed E-state index contributed by atoms with van der Waals surface area (Å²) in [5.74, 6) is 0.581. The largest absolute Gasteiger partial charge is 0.445 e. The second-order valence-electron chi connectivity index (χ2n) is 5.65. The van der Waals surface area contributed by atoms with Crippen LogP contribution in [-0.2, 0) is 10.5 Å². The highest BCUT2D eigenvalue weighted by Gasteiger charge is 2.46. The summed E-state index contributed by atoms with van der Waals surface area (Å²) in [5.41, 5.74) is 2.43. The first kappa shape index (κ1) is 15.7. The van der Waals surface area contributed by atoms with Crippen LogP contribution in [0.3, 0.4) is 0 Å². The molecular formula is C17H18N3O2S+. The minimum absolute atomic E-state index is 0.219. The van der Waals surface area contributed by atoms with Gasteiger partial charge in [0.25, 0.3) is 5.84 Å². The molecule has 0 aromatic heterocycles. The van der Waals surface area contributed by atoms with Gasteiger partial charge < -0.3 is 0 Å². The Balaban J connectivity index is 1.86. The van der Waals surface area contributed by atoms with Gasteiger partial charge in [-0.3, -0.25) is 4.79 Å². The van der Waals surface area contributed by atoms with Crippen LogP contribution >= 0.6 is 11.8 Å². The molecule has 2 aliphatic rings. The maximum Gasteiger partial charge on any atom is 0.445 e. The van der Waals surface area contributed by atoms with Gasteiger partial charge in [-0.1, -0.05) is 29.8 Å². The normalized spacial score (nSPS) is 20.7. The topological polar surface area (TPSA) is 52.8 Å². The molecule has 5 nitrogen and oxygen atoms in total. The van der Waals surface area contributed by atoms with E-state index in [-0.39, 0.29) is 11.9 Å². The van der Waals surface area contributed by atoms with E-state index in [9.17, 15) is 9.59 Å². The van der Waals surface area contributed by atoms with Gasteiger partial charge in [-0.2, -0.15) is 9.48 Å². The molecule has 0 saturated carbocycles. The van der Waals surface area contributed by atoms with Crippen molar-refractivity contribution >= 4 is 35.8 Å². The van der Waals surface area contributed by atoms with Gasteiger partial charge in [0.2, 0.25) is 0 Å². The number of carbonyl (C=O) groups is 2. The van der Waals surface area contributed by atoms with Gasteiger partial charge in [0.15, 0.2) is 5.92 Å². The van der Waals surface area contributed by atoms with Crippen LogP contribution in [0.25, 0.3) is 0 Å². The number of urea groups is 1. The number of rotatable bonds is 3. The molecule has 2 aliphatic heterocycles. The van der Waals surface area contributed by atoms with Crippen molar-refractivity contribution < 1.29 is 14.2 Å². The Morgan fingerprint density at radius 3 is 2.87 bits per heavy atom. The van der Waals surface area contributed by atoms with Crippen LogP contribution in [0.2, 0.25) is 0 Å². The number of amides is 3. The average Bonchev–Trinajstić information content (AvgIpc) is 2.56. The molecule has 0 fully saturated rings. The second-order valence-corrected chi connectivity index (χ2v) is 6.70. The van der Waals surface area contributed by atoms with E-state index in [0.29, 0.717) is 5.84 Å². The standard InChI is InChI=1S/C17H18N3O2S/c1-11-5-4-6-12(9-11)10-23-13-7-8-18-15-14(13)16(21)20(3)17(22)19(15)2/h4-9,14H,10H2,1-3H3/q+1. The number of amidine groups is 1. The summed E-state index contributed by atoms with van der Waals surface area (Å²) in [6, 6.07) is 7.97. The molecule has 1 aromatic carbocycles. The monoisotopic (exact) mass is 328 g/mol. The zero-order valence-corrected chi connectivity index (χ0v) is 14.1. The van der Waals surface area contributed by atoms with Crippen molar-refractivity contribution in [1.82, 2.24) is 4.90 Å². The molecule has 1 aromatic rings. The molecule has 0 aliphatic carbocycles. The molecule has 6 heteroatoms. The van der Waals surface area contributed by atoms with Crippen LogP contribution in [0.15, 0.2) is 40.2 Å². The van der Waals surface area contributed by atoms with Gasteiger partial charge >= 0.3 is 11.9 Å². The first-order chi connectivity index (χ1) is 11.0. The number of imide groups is 1. The summed E-state index contributed by atoms with van der Waals surface area (Å²) in [7, 11) is 3.16. The number of aryl methyl sites for hydroxylation is 1. The molecule has 1 atom stereocenters. The first-order valence-corrected chi connectivity index (χ1v) is 8.32. The molecule has 3 amide bonds. The Bertz CT molecular complexity index is 780. The molecule has 3 rings (SSSR count). The second kappa shape index (κ2) is 6.12. The van der Waals surface area contributed by atoms with E-state index < -0.39 is 5.92 Å². The highest BCUT2D eigenvalue weighted by Crippen LogP contribution is 2.33. The van der Waals surface area contributed by atoms with Crippen molar-refractivity contribution in [2.45, 2.75) is 12.7 Å². The number of carbonyl (C=O) groups excluding carboxylic acids is 2. The van der Waals surface area contributed by atoms with Crippen LogP contribution in [0, 0.1) is 12.8 Å². The number of aliphatic imine (C=N–C) groups is 1. The lowest BCUT2D eigenvalue weighted by molar-refractivity contribution is -0.407. The maximum atomic E-state index is 12.5. The highest BCUT2D eigenvalue weighted by molar-refractivity contribution is 8.02. The Morgan fingerprint density at radius 2 is 2.13 bits per heavy atom. The summed E-state index contributed by atoms with van der Waals surface area (Å²) >= 11 is 1.62. The molecule has 0 N–H and O–H groups in total. The van der Waals surface area contributed by atoms with E-state index in [4.69, 9.17) is 0 Å². The number of hydrogen-bond acceptors (Lipinski definition) is 4. The third kappa shape index (κ3) is 2.86. The van der Waals surface area contributed by atoms with E-state index in [2.05, 4.69) is 30.1 Å². The molecule has 1 unspecified atom stereocenters. The lowest BCUT2D eigenvalue weighted by Crippen LogP contribution is -2.52. The Hall–Kier alpha value is -2.21. The lowest BCUT2D eigenvalue weighted by atomic mass is 10.0. The number of fused-ring (bicyclic) bond motifs is 1. The number of allylic oxidation sites excluding steroid dienone is 1. The van der Waals surface area contributed by atoms with Crippen LogP contribution in [0.4, 0.5) is 4.79 Å². The van der Waals surface area contributed by atoms with Gasteiger partial charge in [-0.15, -0.1) is 16.8 Å². The van der Waals surface area contributed by atoms with Crippen LogP contribution < -0.4 is 0 Å². The number of thioether (sulfide) groups is 1. The summed E-state index contributed by atoms with van der Waals surface area (Å²) in [4.78, 5) is 30.9. The predicted molar refractivity (Wildman–Crippen MR) is 91.9 cm³/mol. The van der Waals surface area contributed by atoms with Crippen molar-refractivity contribution in [3.8, 4) is 0 Å². The Kier molecular flexibility index (Phi) is 4.17. The summed E-state index contributed by atoms with van der Waals surface area (Å²) in [6.45, 7) is 2.06. The molecule has 0 spiro atoms. The van der Waals surface area contributed by atoms with E-state index in [1.165, 1.54) is 22.8 Å². The van der Waals surface area contributed by atoms with Crippen LogP contribution in [0.1, 0.15) is 11.1 Å². The quantitative estimate of drug-likeness (QED) is 0.801. The number of benzene rings is 1. The van der Waals surface area contributed by atoms with E-state index in [0.717, 1.165) is 15.6 Å². The highest BCUT2D eigenvalue weighted by atomic mass is 32.2. The van der Waals surface area contributed by atoms with E-state index >= 15 is 0 Å². The minimum Gasteiger partial charge on any atom is -0.255 e. The third-order valence-electron chi connectivity index (χ3n) is 3.97. The summed E-state index contributed by atoms with van der Waals surface area (Å²) in [6.07, 6.45) is 3.52. The van der Waals surface area contributed by atoms with Gasteiger partial charge in [-0.25, -0.2) is 4.79 Å². The predicted octanol–water partition coefficient (Wildman–Crippen LogP) is 2.45. The molecule has 0 saturated heterocycles. The fourth-order valence-corrected chi connectivity index (χ4v) is 3.75.